The average molecular weight is 344 g/mol. The minimum absolute atomic E-state index is 0.0643. The number of nitrogens with one attached hydrogen (secondary N) is 1. The highest BCUT2D eigenvalue weighted by Gasteiger charge is 2.25. The molecule has 0 radical (unpaired) electrons. The lowest BCUT2D eigenvalue weighted by molar-refractivity contribution is -0.0772. The van der Waals surface area contributed by atoms with Crippen LogP contribution < -0.4 is 5.32 Å². The molecular weight excluding hydrogens is 318 g/mol. The van der Waals surface area contributed by atoms with Gasteiger partial charge >= 0.3 is 0 Å². The number of aliphatic imine (C=N–C) groups is 1. The molecule has 1 aromatic heterocycles. The normalized spacial score (nSPS) is 17.9. The van der Waals surface area contributed by atoms with Crippen molar-refractivity contribution in [2.24, 2.45) is 4.99 Å². The predicted molar refractivity (Wildman–Crippen MR) is 95.0 cm³/mol. The van der Waals surface area contributed by atoms with Gasteiger partial charge in [0.05, 0.1) is 22.6 Å². The fourth-order valence-electron chi connectivity index (χ4n) is 2.63. The lowest BCUT2D eigenvalue weighted by atomic mass is 10.1. The molecule has 0 spiro atoms. The molecule has 1 N–H and O–H groups in total. The van der Waals surface area contributed by atoms with Crippen LogP contribution in [0.3, 0.4) is 0 Å². The van der Waals surface area contributed by atoms with E-state index >= 15 is 0 Å². The third-order valence-electron chi connectivity index (χ3n) is 3.52. The standard InChI is InChI=1S/C16H26ClN3OS/c1-16(2,3)21-12-7-9-20(10-8-12)15(18-4)19-11-13-5-6-14(17)22-13/h5-6,12H,7-11H2,1-4H3,(H,18,19). The van der Waals surface area contributed by atoms with Gasteiger partial charge in [0.15, 0.2) is 5.96 Å². The third-order valence-corrected chi connectivity index (χ3v) is 4.75. The Kier molecular flexibility index (Phi) is 6.12. The minimum atomic E-state index is -0.0643. The molecule has 2 rings (SSSR count). The van der Waals surface area contributed by atoms with Crippen molar-refractivity contribution in [3.05, 3.63) is 21.3 Å². The van der Waals surface area contributed by atoms with Gasteiger partial charge in [-0.1, -0.05) is 11.6 Å². The molecule has 1 aromatic rings. The smallest absolute Gasteiger partial charge is 0.193 e. The zero-order chi connectivity index (χ0) is 16.2. The Hall–Kier alpha value is -0.780. The second kappa shape index (κ2) is 7.66. The summed E-state index contributed by atoms with van der Waals surface area (Å²) < 4.78 is 6.90. The highest BCUT2D eigenvalue weighted by molar-refractivity contribution is 7.16. The maximum Gasteiger partial charge on any atom is 0.193 e. The van der Waals surface area contributed by atoms with Crippen LogP contribution in [-0.4, -0.2) is 42.7 Å². The van der Waals surface area contributed by atoms with Gasteiger partial charge in [-0.2, -0.15) is 0 Å². The van der Waals surface area contributed by atoms with Crippen molar-refractivity contribution < 1.29 is 4.74 Å². The second-order valence-corrected chi connectivity index (χ2v) is 8.32. The van der Waals surface area contributed by atoms with Crippen molar-refractivity contribution in [3.63, 3.8) is 0 Å². The molecule has 1 aliphatic rings. The van der Waals surface area contributed by atoms with E-state index in [1.165, 1.54) is 4.88 Å². The molecule has 124 valence electrons. The van der Waals surface area contributed by atoms with Crippen LogP contribution in [0.2, 0.25) is 4.34 Å². The van der Waals surface area contributed by atoms with Crippen molar-refractivity contribution >= 4 is 28.9 Å². The summed E-state index contributed by atoms with van der Waals surface area (Å²) in [7, 11) is 1.83. The Bertz CT molecular complexity index is 502. The van der Waals surface area contributed by atoms with Gasteiger partial charge in [-0.25, -0.2) is 0 Å². The van der Waals surface area contributed by atoms with Crippen molar-refractivity contribution in [1.29, 1.82) is 0 Å². The number of piperidine rings is 1. The summed E-state index contributed by atoms with van der Waals surface area (Å²) in [5.74, 6) is 0.957. The highest BCUT2D eigenvalue weighted by atomic mass is 35.5. The Balaban J connectivity index is 1.81. The van der Waals surface area contributed by atoms with Crippen LogP contribution in [-0.2, 0) is 11.3 Å². The summed E-state index contributed by atoms with van der Waals surface area (Å²) in [4.78, 5) is 7.92. The van der Waals surface area contributed by atoms with Crippen molar-refractivity contribution in [3.8, 4) is 0 Å². The predicted octanol–water partition coefficient (Wildman–Crippen LogP) is 3.76. The van der Waals surface area contributed by atoms with Crippen LogP contribution in [0.15, 0.2) is 17.1 Å². The van der Waals surface area contributed by atoms with Crippen LogP contribution >= 0.6 is 22.9 Å². The molecule has 4 nitrogen and oxygen atoms in total. The summed E-state index contributed by atoms with van der Waals surface area (Å²) in [6.07, 6.45) is 2.44. The summed E-state index contributed by atoms with van der Waals surface area (Å²) in [6, 6.07) is 3.98. The summed E-state index contributed by atoms with van der Waals surface area (Å²) >= 11 is 7.57. The lowest BCUT2D eigenvalue weighted by Crippen LogP contribution is -2.47. The number of hydrogen-bond donors (Lipinski definition) is 1. The number of thiophene rings is 1. The van der Waals surface area contributed by atoms with E-state index in [4.69, 9.17) is 16.3 Å². The van der Waals surface area contributed by atoms with Gasteiger partial charge in [-0.3, -0.25) is 4.99 Å². The molecular formula is C16H26ClN3OS. The maximum absolute atomic E-state index is 6.07. The van der Waals surface area contributed by atoms with Gasteiger partial charge in [0, 0.05) is 25.0 Å². The van der Waals surface area contributed by atoms with Crippen molar-refractivity contribution in [1.82, 2.24) is 10.2 Å². The first-order valence-corrected chi connectivity index (χ1v) is 8.94. The number of likely N-dealkylation sites (tertiary alicyclic amines) is 1. The number of halogens is 1. The van der Waals surface area contributed by atoms with E-state index in [0.717, 1.165) is 42.8 Å². The van der Waals surface area contributed by atoms with Gasteiger partial charge in [-0.05, 0) is 45.7 Å². The van der Waals surface area contributed by atoms with Gasteiger partial charge in [0.2, 0.25) is 0 Å². The number of ether oxygens (including phenoxy) is 1. The first kappa shape index (κ1) is 17.6. The van der Waals surface area contributed by atoms with Gasteiger partial charge in [0.25, 0.3) is 0 Å². The first-order chi connectivity index (χ1) is 10.4. The fraction of sp³-hybridized carbons (Fsp3) is 0.688. The van der Waals surface area contributed by atoms with Gasteiger partial charge in [-0.15, -0.1) is 11.3 Å². The molecule has 0 unspecified atom stereocenters. The van der Waals surface area contributed by atoms with Crippen LogP contribution in [0, 0.1) is 0 Å². The molecule has 0 aliphatic carbocycles. The number of nitrogens with zero attached hydrogens (tertiary/aromatic N) is 2. The van der Waals surface area contributed by atoms with E-state index in [-0.39, 0.29) is 5.60 Å². The molecule has 0 amide bonds. The third kappa shape index (κ3) is 5.45. The molecule has 0 saturated carbocycles. The molecule has 0 aromatic carbocycles. The van der Waals surface area contributed by atoms with Gasteiger partial charge in [0.1, 0.15) is 0 Å². The Labute approximate surface area is 142 Å². The summed E-state index contributed by atoms with van der Waals surface area (Å²) in [5.41, 5.74) is -0.0643. The SMILES string of the molecule is CN=C(NCc1ccc(Cl)s1)N1CCC(OC(C)(C)C)CC1. The quantitative estimate of drug-likeness (QED) is 0.670. The van der Waals surface area contributed by atoms with Crippen LogP contribution in [0.5, 0.6) is 0 Å². The second-order valence-electron chi connectivity index (χ2n) is 6.52. The largest absolute Gasteiger partial charge is 0.372 e. The Morgan fingerprint density at radius 3 is 2.59 bits per heavy atom. The molecule has 0 bridgehead atoms. The molecule has 1 saturated heterocycles. The summed E-state index contributed by atoms with van der Waals surface area (Å²) in [5, 5.41) is 3.42. The Morgan fingerprint density at radius 2 is 2.09 bits per heavy atom. The van der Waals surface area contributed by atoms with Crippen molar-refractivity contribution in [2.75, 3.05) is 20.1 Å². The monoisotopic (exact) mass is 343 g/mol. The molecule has 22 heavy (non-hydrogen) atoms. The maximum atomic E-state index is 6.07. The fourth-order valence-corrected chi connectivity index (χ4v) is 3.66. The highest BCUT2D eigenvalue weighted by Crippen LogP contribution is 2.22. The zero-order valence-electron chi connectivity index (χ0n) is 13.9. The molecule has 1 fully saturated rings. The number of rotatable bonds is 3. The van der Waals surface area contributed by atoms with E-state index in [1.807, 2.05) is 13.1 Å². The minimum Gasteiger partial charge on any atom is -0.372 e. The van der Waals surface area contributed by atoms with E-state index in [1.54, 1.807) is 11.3 Å². The van der Waals surface area contributed by atoms with Crippen LogP contribution in [0.4, 0.5) is 0 Å². The van der Waals surface area contributed by atoms with Crippen LogP contribution in [0.25, 0.3) is 0 Å². The molecule has 0 atom stereocenters. The molecule has 2 heterocycles. The topological polar surface area (TPSA) is 36.9 Å². The molecule has 1 aliphatic heterocycles. The van der Waals surface area contributed by atoms with E-state index in [0.29, 0.717) is 6.10 Å². The van der Waals surface area contributed by atoms with E-state index in [9.17, 15) is 0 Å². The van der Waals surface area contributed by atoms with E-state index < -0.39 is 0 Å². The van der Waals surface area contributed by atoms with Gasteiger partial charge < -0.3 is 15.0 Å². The molecule has 6 heteroatoms. The number of guanidine groups is 1. The van der Waals surface area contributed by atoms with Crippen molar-refractivity contribution in [2.45, 2.75) is 51.9 Å². The summed E-state index contributed by atoms with van der Waals surface area (Å²) in [6.45, 7) is 9.07. The Morgan fingerprint density at radius 1 is 1.41 bits per heavy atom. The van der Waals surface area contributed by atoms with Crippen LogP contribution in [0.1, 0.15) is 38.5 Å². The lowest BCUT2D eigenvalue weighted by Gasteiger charge is -2.36. The van der Waals surface area contributed by atoms with E-state index in [2.05, 4.69) is 42.0 Å². The number of hydrogen-bond acceptors (Lipinski definition) is 3. The zero-order valence-corrected chi connectivity index (χ0v) is 15.4. The average Bonchev–Trinajstić information content (AvgIpc) is 2.85. The first-order valence-electron chi connectivity index (χ1n) is 7.75.